The molecule has 1 aliphatic rings. The van der Waals surface area contributed by atoms with Gasteiger partial charge in [0.05, 0.1) is 0 Å². The first-order valence-corrected chi connectivity index (χ1v) is 4.39. The van der Waals surface area contributed by atoms with Crippen LogP contribution in [0.4, 0.5) is 0 Å². The molecule has 1 rings (SSSR count). The van der Waals surface area contributed by atoms with E-state index in [9.17, 15) is 0 Å². The van der Waals surface area contributed by atoms with Crippen molar-refractivity contribution in [1.82, 2.24) is 4.90 Å². The summed E-state index contributed by atoms with van der Waals surface area (Å²) in [5.41, 5.74) is 5.40. The van der Waals surface area contributed by atoms with Gasteiger partial charge in [-0.15, -0.1) is 0 Å². The molecule has 1 heterocycles. The maximum Gasteiger partial charge on any atom is 0.188 e. The Bertz CT molecular complexity index is 125. The van der Waals surface area contributed by atoms with E-state index < -0.39 is 0 Å². The lowest BCUT2D eigenvalue weighted by atomic mass is 10.1. The molecular formula is C8H17N3. The molecule has 0 saturated carbocycles. The van der Waals surface area contributed by atoms with Crippen molar-refractivity contribution in [2.45, 2.75) is 32.1 Å². The average Bonchev–Trinajstić information content (AvgIpc) is 1.84. The second-order valence-corrected chi connectivity index (χ2v) is 3.14. The summed E-state index contributed by atoms with van der Waals surface area (Å²) in [7, 11) is 0. The van der Waals surface area contributed by atoms with Crippen molar-refractivity contribution in [3.05, 3.63) is 0 Å². The van der Waals surface area contributed by atoms with E-state index in [-0.39, 0.29) is 5.96 Å². The van der Waals surface area contributed by atoms with Crippen LogP contribution in [-0.2, 0) is 0 Å². The number of nitrogens with zero attached hydrogens (tertiary/aromatic N) is 1. The van der Waals surface area contributed by atoms with E-state index in [0.29, 0.717) is 0 Å². The van der Waals surface area contributed by atoms with Gasteiger partial charge in [0.25, 0.3) is 0 Å². The predicted molar refractivity (Wildman–Crippen MR) is 46.6 cm³/mol. The number of rotatable bonds is 0. The molecule has 1 aliphatic heterocycles. The lowest BCUT2D eigenvalue weighted by Gasteiger charge is -2.24. The topological polar surface area (TPSA) is 53.1 Å². The fourth-order valence-electron chi connectivity index (χ4n) is 1.49. The van der Waals surface area contributed by atoms with Crippen molar-refractivity contribution in [3.63, 3.8) is 0 Å². The molecule has 11 heavy (non-hydrogen) atoms. The van der Waals surface area contributed by atoms with Crippen LogP contribution in [0.5, 0.6) is 0 Å². The third-order valence-electron chi connectivity index (χ3n) is 2.20. The molecular weight excluding hydrogens is 138 g/mol. The van der Waals surface area contributed by atoms with Gasteiger partial charge < -0.3 is 10.6 Å². The molecule has 0 aliphatic carbocycles. The van der Waals surface area contributed by atoms with E-state index in [0.717, 1.165) is 13.1 Å². The van der Waals surface area contributed by atoms with Crippen LogP contribution < -0.4 is 5.73 Å². The quantitative estimate of drug-likeness (QED) is 0.407. The summed E-state index contributed by atoms with van der Waals surface area (Å²) in [6, 6.07) is 0. The summed E-state index contributed by atoms with van der Waals surface area (Å²) in [6.45, 7) is 1.96. The summed E-state index contributed by atoms with van der Waals surface area (Å²) in [4.78, 5) is 1.97. The first-order chi connectivity index (χ1) is 5.30. The summed E-state index contributed by atoms with van der Waals surface area (Å²) < 4.78 is 0. The molecule has 0 atom stereocenters. The molecule has 3 nitrogen and oxygen atoms in total. The standard InChI is InChI=1S/C8H17N3/c9-8(10)11-6-4-2-1-3-5-7-11/h1-7H2,(H3,9,10). The second kappa shape index (κ2) is 4.21. The van der Waals surface area contributed by atoms with Gasteiger partial charge in [0, 0.05) is 13.1 Å². The van der Waals surface area contributed by atoms with E-state index in [4.69, 9.17) is 11.1 Å². The summed E-state index contributed by atoms with van der Waals surface area (Å²) in [6.07, 6.45) is 6.33. The minimum atomic E-state index is 0.243. The van der Waals surface area contributed by atoms with Crippen molar-refractivity contribution >= 4 is 5.96 Å². The SMILES string of the molecule is N=C(N)N1CCCCCCC1. The van der Waals surface area contributed by atoms with Crippen molar-refractivity contribution < 1.29 is 0 Å². The molecule has 0 aromatic carbocycles. The van der Waals surface area contributed by atoms with Crippen molar-refractivity contribution in [1.29, 1.82) is 5.41 Å². The number of likely N-dealkylation sites (tertiary alicyclic amines) is 1. The van der Waals surface area contributed by atoms with Gasteiger partial charge in [-0.1, -0.05) is 19.3 Å². The van der Waals surface area contributed by atoms with Crippen LogP contribution in [-0.4, -0.2) is 23.9 Å². The Morgan fingerprint density at radius 2 is 1.45 bits per heavy atom. The lowest BCUT2D eigenvalue weighted by molar-refractivity contribution is 0.357. The molecule has 1 saturated heterocycles. The van der Waals surface area contributed by atoms with E-state index in [1.54, 1.807) is 0 Å². The average molecular weight is 155 g/mol. The monoisotopic (exact) mass is 155 g/mol. The maximum absolute atomic E-state index is 7.26. The largest absolute Gasteiger partial charge is 0.370 e. The molecule has 0 unspecified atom stereocenters. The Balaban J connectivity index is 2.32. The number of nitrogens with two attached hydrogens (primary N) is 1. The first kappa shape index (κ1) is 8.37. The van der Waals surface area contributed by atoms with Crippen LogP contribution in [0.15, 0.2) is 0 Å². The zero-order valence-corrected chi connectivity index (χ0v) is 6.97. The molecule has 3 N–H and O–H groups in total. The smallest absolute Gasteiger partial charge is 0.188 e. The van der Waals surface area contributed by atoms with E-state index in [2.05, 4.69) is 0 Å². The molecule has 0 amide bonds. The molecule has 0 spiro atoms. The van der Waals surface area contributed by atoms with Gasteiger partial charge >= 0.3 is 0 Å². The Morgan fingerprint density at radius 3 is 1.91 bits per heavy atom. The predicted octanol–water partition coefficient (Wildman–Crippen LogP) is 1.15. The summed E-state index contributed by atoms with van der Waals surface area (Å²) in [5, 5.41) is 7.26. The number of nitrogens with one attached hydrogen (secondary N) is 1. The van der Waals surface area contributed by atoms with Crippen LogP contribution in [0.3, 0.4) is 0 Å². The Kier molecular flexibility index (Phi) is 3.20. The van der Waals surface area contributed by atoms with Crippen LogP contribution in [0.1, 0.15) is 32.1 Å². The van der Waals surface area contributed by atoms with Gasteiger partial charge in [-0.05, 0) is 12.8 Å². The van der Waals surface area contributed by atoms with Crippen LogP contribution in [0.2, 0.25) is 0 Å². The van der Waals surface area contributed by atoms with E-state index in [1.165, 1.54) is 32.1 Å². The Morgan fingerprint density at radius 1 is 1.00 bits per heavy atom. The van der Waals surface area contributed by atoms with Gasteiger partial charge in [0.15, 0.2) is 5.96 Å². The zero-order valence-electron chi connectivity index (χ0n) is 6.97. The highest BCUT2D eigenvalue weighted by Gasteiger charge is 2.07. The molecule has 0 radical (unpaired) electrons. The summed E-state index contributed by atoms with van der Waals surface area (Å²) in [5.74, 6) is 0.243. The van der Waals surface area contributed by atoms with Gasteiger partial charge in [-0.2, -0.15) is 0 Å². The molecule has 3 heteroatoms. The highest BCUT2D eigenvalue weighted by atomic mass is 15.2. The normalized spacial score (nSPS) is 20.5. The highest BCUT2D eigenvalue weighted by Crippen LogP contribution is 2.09. The third kappa shape index (κ3) is 2.78. The van der Waals surface area contributed by atoms with Crippen LogP contribution in [0, 0.1) is 5.41 Å². The van der Waals surface area contributed by atoms with Crippen molar-refractivity contribution in [3.8, 4) is 0 Å². The van der Waals surface area contributed by atoms with Gasteiger partial charge in [0.2, 0.25) is 0 Å². The highest BCUT2D eigenvalue weighted by molar-refractivity contribution is 5.74. The first-order valence-electron chi connectivity index (χ1n) is 4.39. The van der Waals surface area contributed by atoms with E-state index in [1.807, 2.05) is 4.90 Å². The van der Waals surface area contributed by atoms with Crippen molar-refractivity contribution in [2.24, 2.45) is 5.73 Å². The third-order valence-corrected chi connectivity index (χ3v) is 2.20. The van der Waals surface area contributed by atoms with Crippen LogP contribution in [0.25, 0.3) is 0 Å². The maximum atomic E-state index is 7.26. The van der Waals surface area contributed by atoms with Crippen molar-refractivity contribution in [2.75, 3.05) is 13.1 Å². The molecule has 0 aromatic rings. The van der Waals surface area contributed by atoms with Gasteiger partial charge in [0.1, 0.15) is 0 Å². The number of hydrogen-bond acceptors (Lipinski definition) is 1. The Hall–Kier alpha value is -0.730. The second-order valence-electron chi connectivity index (χ2n) is 3.14. The minimum absolute atomic E-state index is 0.243. The Labute approximate surface area is 68.1 Å². The van der Waals surface area contributed by atoms with Gasteiger partial charge in [-0.3, -0.25) is 5.41 Å². The fraction of sp³-hybridized carbons (Fsp3) is 0.875. The molecule has 0 aromatic heterocycles. The number of guanidine groups is 1. The summed E-state index contributed by atoms with van der Waals surface area (Å²) >= 11 is 0. The van der Waals surface area contributed by atoms with Gasteiger partial charge in [-0.25, -0.2) is 0 Å². The minimum Gasteiger partial charge on any atom is -0.370 e. The van der Waals surface area contributed by atoms with Crippen LogP contribution >= 0.6 is 0 Å². The fourth-order valence-corrected chi connectivity index (χ4v) is 1.49. The zero-order chi connectivity index (χ0) is 8.10. The molecule has 64 valence electrons. The molecule has 1 fully saturated rings. The lowest BCUT2D eigenvalue weighted by Crippen LogP contribution is -2.38. The van der Waals surface area contributed by atoms with E-state index >= 15 is 0 Å². The molecule has 0 bridgehead atoms. The number of hydrogen-bond donors (Lipinski definition) is 2.